The summed E-state index contributed by atoms with van der Waals surface area (Å²) in [6.45, 7) is 7.06. The summed E-state index contributed by atoms with van der Waals surface area (Å²) < 4.78 is 0. The largest absolute Gasteiger partial charge is 0.340 e. The Morgan fingerprint density at radius 1 is 1.19 bits per heavy atom. The van der Waals surface area contributed by atoms with E-state index in [-0.39, 0.29) is 0 Å². The highest BCUT2D eigenvalue weighted by atomic mass is 35.5. The Morgan fingerprint density at radius 2 is 1.86 bits per heavy atom. The Morgan fingerprint density at radius 3 is 2.48 bits per heavy atom. The van der Waals surface area contributed by atoms with Gasteiger partial charge in [0.1, 0.15) is 0 Å². The van der Waals surface area contributed by atoms with Gasteiger partial charge in [0.2, 0.25) is 5.91 Å². The fraction of sp³-hybridized carbons (Fsp3) is 0.562. The van der Waals surface area contributed by atoms with Crippen LogP contribution < -0.4 is 0 Å². The Labute approximate surface area is 136 Å². The topological polar surface area (TPSA) is 23.6 Å². The minimum Gasteiger partial charge on any atom is -0.340 e. The molecule has 0 spiro atoms. The molecule has 5 heteroatoms. The Balaban J connectivity index is 1.62. The highest BCUT2D eigenvalue weighted by Gasteiger charge is 2.19. The van der Waals surface area contributed by atoms with Gasteiger partial charge in [0, 0.05) is 42.5 Å². The van der Waals surface area contributed by atoms with Gasteiger partial charge in [-0.25, -0.2) is 0 Å². The number of benzene rings is 1. The van der Waals surface area contributed by atoms with E-state index in [0.717, 1.165) is 49.9 Å². The van der Waals surface area contributed by atoms with Gasteiger partial charge in [0.05, 0.1) is 0 Å². The summed E-state index contributed by atoms with van der Waals surface area (Å²) >= 11 is 7.64. The van der Waals surface area contributed by atoms with Gasteiger partial charge in [0.25, 0.3) is 0 Å². The maximum absolute atomic E-state index is 12.1. The Bertz CT molecular complexity index is 444. The molecule has 0 aliphatic carbocycles. The highest BCUT2D eigenvalue weighted by Crippen LogP contribution is 2.21. The van der Waals surface area contributed by atoms with E-state index in [1.165, 1.54) is 4.90 Å². The van der Waals surface area contributed by atoms with Crippen molar-refractivity contribution < 1.29 is 4.79 Å². The molecule has 0 aromatic heterocycles. The maximum atomic E-state index is 12.1. The predicted octanol–water partition coefficient (Wildman–Crippen LogP) is 3.38. The molecule has 1 aromatic rings. The number of halogens is 1. The molecule has 116 valence electrons. The van der Waals surface area contributed by atoms with Gasteiger partial charge in [-0.2, -0.15) is 0 Å². The van der Waals surface area contributed by atoms with Gasteiger partial charge < -0.3 is 9.80 Å². The first-order valence-electron chi connectivity index (χ1n) is 7.57. The smallest absolute Gasteiger partial charge is 0.222 e. The molecule has 1 aliphatic rings. The lowest BCUT2D eigenvalue weighted by atomic mass is 10.2. The van der Waals surface area contributed by atoms with Crippen molar-refractivity contribution in [3.05, 3.63) is 29.3 Å². The minimum absolute atomic E-state index is 0.308. The van der Waals surface area contributed by atoms with Crippen LogP contribution in [0.3, 0.4) is 0 Å². The Hall–Kier alpha value is -0.710. The maximum Gasteiger partial charge on any atom is 0.222 e. The SMILES string of the molecule is CCN1CCN(C(=O)CCCSc2ccc(Cl)cc2)CC1. The number of thioether (sulfide) groups is 1. The predicted molar refractivity (Wildman–Crippen MR) is 90.1 cm³/mol. The fourth-order valence-corrected chi connectivity index (χ4v) is 3.39. The van der Waals surface area contributed by atoms with Crippen molar-refractivity contribution in [2.24, 2.45) is 0 Å². The summed E-state index contributed by atoms with van der Waals surface area (Å²) in [7, 11) is 0. The zero-order valence-corrected chi connectivity index (χ0v) is 14.1. The van der Waals surface area contributed by atoms with Crippen LogP contribution in [0.15, 0.2) is 29.2 Å². The van der Waals surface area contributed by atoms with Crippen LogP contribution >= 0.6 is 23.4 Å². The molecule has 21 heavy (non-hydrogen) atoms. The summed E-state index contributed by atoms with van der Waals surface area (Å²) in [6, 6.07) is 7.86. The van der Waals surface area contributed by atoms with Crippen molar-refractivity contribution in [3.63, 3.8) is 0 Å². The number of piperazine rings is 1. The van der Waals surface area contributed by atoms with Gasteiger partial charge in [-0.15, -0.1) is 11.8 Å². The standard InChI is InChI=1S/C16H23ClN2OS/c1-2-18-9-11-19(12-10-18)16(20)4-3-13-21-15-7-5-14(17)6-8-15/h5-8H,2-4,9-13H2,1H3. The molecule has 0 atom stereocenters. The van der Waals surface area contributed by atoms with Crippen LogP contribution in [0.2, 0.25) is 5.02 Å². The van der Waals surface area contributed by atoms with Crippen LogP contribution in [0, 0.1) is 0 Å². The monoisotopic (exact) mass is 326 g/mol. The van der Waals surface area contributed by atoms with Crippen LogP contribution in [0.4, 0.5) is 0 Å². The van der Waals surface area contributed by atoms with Crippen molar-refractivity contribution in [2.45, 2.75) is 24.7 Å². The van der Waals surface area contributed by atoms with Crippen LogP contribution in [-0.2, 0) is 4.79 Å². The molecular formula is C16H23ClN2OS. The summed E-state index contributed by atoms with van der Waals surface area (Å²) in [5.41, 5.74) is 0. The van der Waals surface area contributed by atoms with Crippen molar-refractivity contribution >= 4 is 29.3 Å². The number of nitrogens with zero attached hydrogens (tertiary/aromatic N) is 2. The van der Waals surface area contributed by atoms with Crippen molar-refractivity contribution in [3.8, 4) is 0 Å². The number of rotatable bonds is 6. The average molecular weight is 327 g/mol. The van der Waals surface area contributed by atoms with Gasteiger partial charge in [-0.1, -0.05) is 18.5 Å². The molecule has 0 bridgehead atoms. The van der Waals surface area contributed by atoms with E-state index < -0.39 is 0 Å². The van der Waals surface area contributed by atoms with E-state index in [0.29, 0.717) is 12.3 Å². The number of hydrogen-bond acceptors (Lipinski definition) is 3. The van der Waals surface area contributed by atoms with Gasteiger partial charge in [-0.05, 0) is 43.0 Å². The summed E-state index contributed by atoms with van der Waals surface area (Å²) in [5, 5.41) is 0.765. The molecule has 0 unspecified atom stereocenters. The molecule has 1 aliphatic heterocycles. The molecule has 0 saturated carbocycles. The number of hydrogen-bond donors (Lipinski definition) is 0. The number of carbonyl (C=O) groups is 1. The van der Waals surface area contributed by atoms with E-state index in [4.69, 9.17) is 11.6 Å². The molecule has 1 fully saturated rings. The summed E-state index contributed by atoms with van der Waals surface area (Å²) in [5.74, 6) is 1.28. The summed E-state index contributed by atoms with van der Waals surface area (Å²) in [6.07, 6.45) is 1.59. The molecular weight excluding hydrogens is 304 g/mol. The van der Waals surface area contributed by atoms with Gasteiger partial charge >= 0.3 is 0 Å². The zero-order valence-electron chi connectivity index (χ0n) is 12.6. The van der Waals surface area contributed by atoms with E-state index in [1.54, 1.807) is 11.8 Å². The van der Waals surface area contributed by atoms with E-state index in [9.17, 15) is 4.79 Å². The first-order chi connectivity index (χ1) is 10.2. The van der Waals surface area contributed by atoms with E-state index in [2.05, 4.69) is 11.8 Å². The van der Waals surface area contributed by atoms with Crippen LogP contribution in [0.5, 0.6) is 0 Å². The minimum atomic E-state index is 0.308. The lowest BCUT2D eigenvalue weighted by Gasteiger charge is -2.34. The van der Waals surface area contributed by atoms with Crippen LogP contribution in [0.1, 0.15) is 19.8 Å². The van der Waals surface area contributed by atoms with E-state index >= 15 is 0 Å². The van der Waals surface area contributed by atoms with Gasteiger partial charge in [-0.3, -0.25) is 4.79 Å². The normalized spacial score (nSPS) is 16.2. The molecule has 2 rings (SSSR count). The van der Waals surface area contributed by atoms with Crippen LogP contribution in [-0.4, -0.2) is 54.2 Å². The molecule has 0 N–H and O–H groups in total. The van der Waals surface area contributed by atoms with Gasteiger partial charge in [0.15, 0.2) is 0 Å². The van der Waals surface area contributed by atoms with Crippen LogP contribution in [0.25, 0.3) is 0 Å². The molecule has 1 amide bonds. The molecule has 3 nitrogen and oxygen atoms in total. The van der Waals surface area contributed by atoms with E-state index in [1.807, 2.05) is 29.2 Å². The third-order valence-electron chi connectivity index (χ3n) is 3.79. The number of amides is 1. The fourth-order valence-electron chi connectivity index (χ4n) is 2.42. The van der Waals surface area contributed by atoms with Crippen molar-refractivity contribution in [2.75, 3.05) is 38.5 Å². The zero-order chi connectivity index (χ0) is 15.1. The second-order valence-electron chi connectivity index (χ2n) is 5.22. The van der Waals surface area contributed by atoms with Crippen molar-refractivity contribution in [1.82, 2.24) is 9.80 Å². The second-order valence-corrected chi connectivity index (χ2v) is 6.83. The molecule has 1 saturated heterocycles. The highest BCUT2D eigenvalue weighted by molar-refractivity contribution is 7.99. The quantitative estimate of drug-likeness (QED) is 0.591. The molecule has 1 heterocycles. The average Bonchev–Trinajstić information content (AvgIpc) is 2.53. The third kappa shape index (κ3) is 5.53. The lowest BCUT2D eigenvalue weighted by Crippen LogP contribution is -2.48. The molecule has 1 aromatic carbocycles. The second kappa shape index (κ2) is 8.66. The number of carbonyl (C=O) groups excluding carboxylic acids is 1. The van der Waals surface area contributed by atoms with Crippen molar-refractivity contribution in [1.29, 1.82) is 0 Å². The third-order valence-corrected chi connectivity index (χ3v) is 5.14. The number of likely N-dealkylation sites (N-methyl/N-ethyl adjacent to an activating group) is 1. The lowest BCUT2D eigenvalue weighted by molar-refractivity contribution is -0.132. The first kappa shape index (κ1) is 16.7. The summed E-state index contributed by atoms with van der Waals surface area (Å²) in [4.78, 5) is 17.7. The Kier molecular flexibility index (Phi) is 6.87. The first-order valence-corrected chi connectivity index (χ1v) is 8.94. The molecule has 0 radical (unpaired) electrons.